The molecule has 1 fully saturated rings. The minimum Gasteiger partial charge on any atom is -0.480 e. The van der Waals surface area contributed by atoms with Crippen LogP contribution in [0.4, 0.5) is 0 Å². The Morgan fingerprint density at radius 3 is 2.48 bits per heavy atom. The smallest absolute Gasteiger partial charge is 0.329 e. The molecule has 0 aliphatic carbocycles. The molecule has 1 unspecified atom stereocenters. The van der Waals surface area contributed by atoms with E-state index < -0.39 is 17.1 Å². The molecule has 1 atom stereocenters. The lowest BCUT2D eigenvalue weighted by atomic mass is 9.87. The molecule has 21 heavy (non-hydrogen) atoms. The van der Waals surface area contributed by atoms with E-state index in [1.165, 1.54) is 0 Å². The number of hydrogen-bond acceptors (Lipinski definition) is 4. The Balaban J connectivity index is 1.99. The van der Waals surface area contributed by atoms with Crippen molar-refractivity contribution < 1.29 is 19.4 Å². The summed E-state index contributed by atoms with van der Waals surface area (Å²) in [6.07, 6.45) is 0. The first-order chi connectivity index (χ1) is 9.74. The Hall–Kier alpha value is -1.92. The van der Waals surface area contributed by atoms with E-state index in [1.807, 2.05) is 30.3 Å². The Morgan fingerprint density at radius 2 is 1.95 bits per heavy atom. The van der Waals surface area contributed by atoms with E-state index in [0.717, 1.165) is 5.56 Å². The number of nitrogens with two attached hydrogens (primary N) is 1. The van der Waals surface area contributed by atoms with E-state index in [1.54, 1.807) is 18.7 Å². The molecule has 1 aromatic carbocycles. The summed E-state index contributed by atoms with van der Waals surface area (Å²) in [6, 6.07) is 9.17. The van der Waals surface area contributed by atoms with Crippen LogP contribution in [0, 0.1) is 0 Å². The van der Waals surface area contributed by atoms with Gasteiger partial charge in [0.15, 0.2) is 0 Å². The van der Waals surface area contributed by atoms with Crippen LogP contribution < -0.4 is 5.73 Å². The number of rotatable bonds is 5. The molecule has 1 amide bonds. The molecular formula is C15H20N2O4. The molecule has 0 spiro atoms. The van der Waals surface area contributed by atoms with Crippen LogP contribution in [-0.2, 0) is 19.9 Å². The maximum atomic E-state index is 12.5. The van der Waals surface area contributed by atoms with Crippen LogP contribution >= 0.6 is 0 Å². The second kappa shape index (κ2) is 5.46. The SMILES string of the molecule is CC1(OCC(=O)O)CN(C(=O)C(C)(N)c2ccccc2)C1. The fraction of sp³-hybridized carbons (Fsp3) is 0.467. The number of carboxylic acids is 1. The first kappa shape index (κ1) is 15.5. The van der Waals surface area contributed by atoms with Crippen molar-refractivity contribution in [2.45, 2.75) is 25.0 Å². The van der Waals surface area contributed by atoms with Crippen LogP contribution in [0.15, 0.2) is 30.3 Å². The Bertz CT molecular complexity index is 536. The van der Waals surface area contributed by atoms with Gasteiger partial charge in [-0.2, -0.15) is 0 Å². The fourth-order valence-electron chi connectivity index (χ4n) is 2.47. The number of benzene rings is 1. The van der Waals surface area contributed by atoms with Gasteiger partial charge in [-0.3, -0.25) is 4.79 Å². The summed E-state index contributed by atoms with van der Waals surface area (Å²) in [5.41, 5.74) is 5.21. The highest BCUT2D eigenvalue weighted by atomic mass is 16.5. The first-order valence-corrected chi connectivity index (χ1v) is 6.74. The van der Waals surface area contributed by atoms with Crippen molar-refractivity contribution in [1.82, 2.24) is 4.90 Å². The third-order valence-corrected chi connectivity index (χ3v) is 3.70. The number of amides is 1. The average molecular weight is 292 g/mol. The summed E-state index contributed by atoms with van der Waals surface area (Å²) in [7, 11) is 0. The molecule has 6 nitrogen and oxygen atoms in total. The van der Waals surface area contributed by atoms with Crippen LogP contribution in [0.1, 0.15) is 19.4 Å². The summed E-state index contributed by atoms with van der Waals surface area (Å²) in [6.45, 7) is 3.79. The molecule has 1 aromatic rings. The predicted molar refractivity (Wildman–Crippen MR) is 76.6 cm³/mol. The van der Waals surface area contributed by atoms with Crippen LogP contribution in [0.2, 0.25) is 0 Å². The minimum absolute atomic E-state index is 0.190. The van der Waals surface area contributed by atoms with E-state index in [2.05, 4.69) is 0 Å². The van der Waals surface area contributed by atoms with Crippen LogP contribution in [0.5, 0.6) is 0 Å². The lowest BCUT2D eigenvalue weighted by Crippen LogP contribution is -2.67. The molecule has 6 heteroatoms. The van der Waals surface area contributed by atoms with Crippen molar-refractivity contribution in [3.63, 3.8) is 0 Å². The number of carboxylic acid groups (broad SMARTS) is 1. The largest absolute Gasteiger partial charge is 0.480 e. The summed E-state index contributed by atoms with van der Waals surface area (Å²) < 4.78 is 5.29. The number of nitrogens with zero attached hydrogens (tertiary/aromatic N) is 1. The summed E-state index contributed by atoms with van der Waals surface area (Å²) in [5, 5.41) is 8.62. The maximum absolute atomic E-state index is 12.5. The summed E-state index contributed by atoms with van der Waals surface area (Å²) in [5.74, 6) is -1.21. The highest BCUT2D eigenvalue weighted by molar-refractivity contribution is 5.88. The number of ether oxygens (including phenoxy) is 1. The van der Waals surface area contributed by atoms with Crippen LogP contribution in [0.3, 0.4) is 0 Å². The fourth-order valence-corrected chi connectivity index (χ4v) is 2.47. The Labute approximate surface area is 123 Å². The standard InChI is InChI=1S/C15H20N2O4/c1-14(21-8-12(18)19)9-17(10-14)13(20)15(2,16)11-6-4-3-5-7-11/h3-7H,8-10,16H2,1-2H3,(H,18,19). The summed E-state index contributed by atoms with van der Waals surface area (Å²) >= 11 is 0. The van der Waals surface area contributed by atoms with Crippen molar-refractivity contribution in [2.75, 3.05) is 19.7 Å². The molecule has 0 bridgehead atoms. The maximum Gasteiger partial charge on any atom is 0.329 e. The third kappa shape index (κ3) is 3.22. The van der Waals surface area contributed by atoms with Crippen LogP contribution in [0.25, 0.3) is 0 Å². The van der Waals surface area contributed by atoms with Gasteiger partial charge in [-0.15, -0.1) is 0 Å². The molecule has 1 saturated heterocycles. The zero-order valence-corrected chi connectivity index (χ0v) is 12.2. The monoisotopic (exact) mass is 292 g/mol. The zero-order valence-electron chi connectivity index (χ0n) is 12.2. The van der Waals surface area contributed by atoms with Gasteiger partial charge in [0.05, 0.1) is 13.1 Å². The Kier molecular flexibility index (Phi) is 4.02. The molecule has 1 heterocycles. The van der Waals surface area contributed by atoms with Gasteiger partial charge in [0.25, 0.3) is 0 Å². The van der Waals surface area contributed by atoms with Gasteiger partial charge in [0.2, 0.25) is 5.91 Å². The summed E-state index contributed by atoms with van der Waals surface area (Å²) in [4.78, 5) is 24.6. The number of aliphatic carboxylic acids is 1. The van der Waals surface area contributed by atoms with Gasteiger partial charge >= 0.3 is 5.97 Å². The highest BCUT2D eigenvalue weighted by Crippen LogP contribution is 2.29. The van der Waals surface area contributed by atoms with Crippen molar-refractivity contribution in [3.05, 3.63) is 35.9 Å². The topological polar surface area (TPSA) is 92.9 Å². The lowest BCUT2D eigenvalue weighted by molar-refractivity contribution is -0.176. The number of hydrogen-bond donors (Lipinski definition) is 2. The molecule has 0 radical (unpaired) electrons. The number of carbonyl (C=O) groups excluding carboxylic acids is 1. The minimum atomic E-state index is -1.10. The van der Waals surface area contributed by atoms with E-state index >= 15 is 0 Å². The van der Waals surface area contributed by atoms with Gasteiger partial charge in [-0.25, -0.2) is 4.79 Å². The first-order valence-electron chi connectivity index (χ1n) is 6.74. The molecule has 1 aliphatic heterocycles. The lowest BCUT2D eigenvalue weighted by Gasteiger charge is -2.49. The molecule has 2 rings (SSSR count). The molecule has 0 saturated carbocycles. The van der Waals surface area contributed by atoms with E-state index in [0.29, 0.717) is 13.1 Å². The van der Waals surface area contributed by atoms with Crippen molar-refractivity contribution >= 4 is 11.9 Å². The quantitative estimate of drug-likeness (QED) is 0.827. The normalized spacial score (nSPS) is 19.5. The van der Waals surface area contributed by atoms with Crippen molar-refractivity contribution in [3.8, 4) is 0 Å². The predicted octanol–water partition coefficient (Wildman–Crippen LogP) is 0.563. The molecule has 1 aliphatic rings. The second-order valence-electron chi connectivity index (χ2n) is 5.86. The molecule has 3 N–H and O–H groups in total. The van der Waals surface area contributed by atoms with Gasteiger partial charge in [-0.05, 0) is 19.4 Å². The third-order valence-electron chi connectivity index (χ3n) is 3.70. The van der Waals surface area contributed by atoms with Gasteiger partial charge in [0, 0.05) is 0 Å². The van der Waals surface area contributed by atoms with E-state index in [-0.39, 0.29) is 12.5 Å². The van der Waals surface area contributed by atoms with Gasteiger partial charge in [-0.1, -0.05) is 30.3 Å². The molecular weight excluding hydrogens is 272 g/mol. The van der Waals surface area contributed by atoms with Crippen LogP contribution in [-0.4, -0.2) is 47.2 Å². The van der Waals surface area contributed by atoms with E-state index in [4.69, 9.17) is 15.6 Å². The number of carbonyl (C=O) groups is 2. The second-order valence-corrected chi connectivity index (χ2v) is 5.86. The molecule has 0 aromatic heterocycles. The van der Waals surface area contributed by atoms with Crippen molar-refractivity contribution in [1.29, 1.82) is 0 Å². The Morgan fingerprint density at radius 1 is 1.38 bits per heavy atom. The zero-order chi connectivity index (χ0) is 15.7. The van der Waals surface area contributed by atoms with Gasteiger partial charge in [0.1, 0.15) is 17.7 Å². The van der Waals surface area contributed by atoms with Gasteiger partial charge < -0.3 is 20.5 Å². The number of likely N-dealkylation sites (tertiary alicyclic amines) is 1. The van der Waals surface area contributed by atoms with Crippen molar-refractivity contribution in [2.24, 2.45) is 5.73 Å². The molecule has 114 valence electrons. The highest BCUT2D eigenvalue weighted by Gasteiger charge is 2.47. The van der Waals surface area contributed by atoms with E-state index in [9.17, 15) is 9.59 Å². The average Bonchev–Trinajstić information content (AvgIpc) is 2.42.